The van der Waals surface area contributed by atoms with Gasteiger partial charge >= 0.3 is 0 Å². The minimum Gasteiger partial charge on any atom is -0.341 e. The van der Waals surface area contributed by atoms with Gasteiger partial charge in [0.05, 0.1) is 6.04 Å². The first kappa shape index (κ1) is 20.9. The van der Waals surface area contributed by atoms with E-state index in [0.29, 0.717) is 25.9 Å². The van der Waals surface area contributed by atoms with Crippen LogP contribution < -0.4 is 11.1 Å². The summed E-state index contributed by atoms with van der Waals surface area (Å²) in [5.41, 5.74) is 6.72. The number of nitrogens with one attached hydrogen (secondary N) is 1. The van der Waals surface area contributed by atoms with E-state index in [0.717, 1.165) is 10.2 Å². The van der Waals surface area contributed by atoms with Crippen molar-refractivity contribution < 1.29 is 9.59 Å². The molecular weight excluding hydrogens is 394 g/mol. The predicted molar refractivity (Wildman–Crippen MR) is 102 cm³/mol. The molecule has 1 aliphatic heterocycles. The van der Waals surface area contributed by atoms with Crippen molar-refractivity contribution in [1.29, 1.82) is 0 Å². The molecule has 2 rings (SSSR count). The first-order valence-corrected chi connectivity index (χ1v) is 8.78. The topological polar surface area (TPSA) is 75.4 Å². The van der Waals surface area contributed by atoms with Crippen molar-refractivity contribution in [3.05, 3.63) is 28.7 Å². The lowest BCUT2D eigenvalue weighted by Crippen LogP contribution is -2.50. The lowest BCUT2D eigenvalue weighted by Gasteiger charge is -2.33. The van der Waals surface area contributed by atoms with E-state index in [4.69, 9.17) is 5.73 Å². The number of benzene rings is 1. The highest BCUT2D eigenvalue weighted by Crippen LogP contribution is 2.21. The summed E-state index contributed by atoms with van der Waals surface area (Å²) in [5.74, 6) is 0.0817. The Hall–Kier alpha value is -1.11. The van der Waals surface area contributed by atoms with Crippen molar-refractivity contribution >= 4 is 45.8 Å². The number of amides is 2. The van der Waals surface area contributed by atoms with Crippen LogP contribution in [-0.4, -0.2) is 35.8 Å². The maximum Gasteiger partial charge on any atom is 0.239 e. The van der Waals surface area contributed by atoms with E-state index in [1.54, 1.807) is 4.90 Å². The van der Waals surface area contributed by atoms with Crippen molar-refractivity contribution in [2.24, 2.45) is 17.6 Å². The zero-order valence-corrected chi connectivity index (χ0v) is 16.4. The Morgan fingerprint density at radius 3 is 2.25 bits per heavy atom. The second kappa shape index (κ2) is 9.39. The third-order valence-corrected chi connectivity index (χ3v) is 4.82. The molecule has 1 aromatic rings. The molecule has 5 nitrogen and oxygen atoms in total. The molecule has 1 fully saturated rings. The number of nitrogens with zero attached hydrogens (tertiary/aromatic N) is 1. The maximum atomic E-state index is 12.3. The number of nitrogens with two attached hydrogens (primary N) is 1. The summed E-state index contributed by atoms with van der Waals surface area (Å²) in [6.45, 7) is 5.08. The SMILES string of the molecule is CC(C)[C@H](N)C(=O)N1CCC(C(=O)Nc2ccc(Br)cc2)CC1.Cl. The molecule has 0 unspecified atom stereocenters. The summed E-state index contributed by atoms with van der Waals surface area (Å²) in [6, 6.07) is 7.06. The summed E-state index contributed by atoms with van der Waals surface area (Å²) in [5, 5.41) is 2.94. The fourth-order valence-electron chi connectivity index (χ4n) is 2.64. The second-order valence-corrected chi connectivity index (χ2v) is 7.28. The number of halogens is 2. The van der Waals surface area contributed by atoms with E-state index in [1.165, 1.54) is 0 Å². The predicted octanol–water partition coefficient (Wildman–Crippen LogP) is 3.03. The normalized spacial score (nSPS) is 16.5. The fraction of sp³-hybridized carbons (Fsp3) is 0.529. The Bertz CT molecular complexity index is 557. The van der Waals surface area contributed by atoms with Crippen LogP contribution in [0.4, 0.5) is 5.69 Å². The third kappa shape index (κ3) is 5.46. The molecule has 1 saturated heterocycles. The monoisotopic (exact) mass is 417 g/mol. The largest absolute Gasteiger partial charge is 0.341 e. The Labute approximate surface area is 157 Å². The number of anilines is 1. The highest BCUT2D eigenvalue weighted by molar-refractivity contribution is 9.10. The van der Waals surface area contributed by atoms with E-state index in [-0.39, 0.29) is 36.1 Å². The van der Waals surface area contributed by atoms with Crippen LogP contribution in [0, 0.1) is 11.8 Å². The summed E-state index contributed by atoms with van der Waals surface area (Å²) in [7, 11) is 0. The molecule has 2 amide bonds. The van der Waals surface area contributed by atoms with Gasteiger partial charge in [-0.3, -0.25) is 9.59 Å². The molecule has 1 aromatic carbocycles. The van der Waals surface area contributed by atoms with Gasteiger partial charge in [-0.2, -0.15) is 0 Å². The molecule has 0 spiro atoms. The zero-order chi connectivity index (χ0) is 17.0. The molecule has 1 aliphatic rings. The molecule has 134 valence electrons. The molecule has 0 bridgehead atoms. The number of hydrogen-bond donors (Lipinski definition) is 2. The van der Waals surface area contributed by atoms with Crippen molar-refractivity contribution in [3.63, 3.8) is 0 Å². The van der Waals surface area contributed by atoms with Crippen LogP contribution in [0.1, 0.15) is 26.7 Å². The fourth-order valence-corrected chi connectivity index (χ4v) is 2.90. The minimum atomic E-state index is -0.455. The Morgan fingerprint density at radius 2 is 1.75 bits per heavy atom. The number of piperidine rings is 1. The number of rotatable bonds is 4. The van der Waals surface area contributed by atoms with Gasteiger partial charge in [0.1, 0.15) is 0 Å². The average Bonchev–Trinajstić information content (AvgIpc) is 2.55. The molecule has 1 atom stereocenters. The van der Waals surface area contributed by atoms with Crippen molar-refractivity contribution in [2.45, 2.75) is 32.7 Å². The van der Waals surface area contributed by atoms with Crippen LogP contribution in [0.2, 0.25) is 0 Å². The van der Waals surface area contributed by atoms with Crippen LogP contribution in [0.5, 0.6) is 0 Å². The van der Waals surface area contributed by atoms with Gasteiger partial charge < -0.3 is 16.0 Å². The van der Waals surface area contributed by atoms with E-state index >= 15 is 0 Å². The first-order chi connectivity index (χ1) is 10.9. The van der Waals surface area contributed by atoms with Gasteiger partial charge in [-0.15, -0.1) is 12.4 Å². The van der Waals surface area contributed by atoms with Crippen LogP contribution in [0.25, 0.3) is 0 Å². The van der Waals surface area contributed by atoms with Gasteiger partial charge in [0.2, 0.25) is 11.8 Å². The maximum absolute atomic E-state index is 12.3. The molecule has 0 radical (unpaired) electrons. The van der Waals surface area contributed by atoms with Crippen LogP contribution in [0.15, 0.2) is 28.7 Å². The van der Waals surface area contributed by atoms with Gasteiger partial charge in [-0.25, -0.2) is 0 Å². The Kier molecular flexibility index (Phi) is 8.19. The lowest BCUT2D eigenvalue weighted by molar-refractivity contribution is -0.136. The molecule has 0 saturated carbocycles. The highest BCUT2D eigenvalue weighted by atomic mass is 79.9. The van der Waals surface area contributed by atoms with Gasteiger partial charge in [0, 0.05) is 29.2 Å². The molecule has 0 aliphatic carbocycles. The summed E-state index contributed by atoms with van der Waals surface area (Å²) >= 11 is 3.37. The van der Waals surface area contributed by atoms with E-state index < -0.39 is 6.04 Å². The molecule has 24 heavy (non-hydrogen) atoms. The van der Waals surface area contributed by atoms with Gasteiger partial charge in [-0.05, 0) is 43.0 Å². The third-order valence-electron chi connectivity index (χ3n) is 4.29. The number of hydrogen-bond acceptors (Lipinski definition) is 3. The lowest BCUT2D eigenvalue weighted by atomic mass is 9.94. The summed E-state index contributed by atoms with van der Waals surface area (Å²) in [4.78, 5) is 26.3. The van der Waals surface area contributed by atoms with E-state index in [1.807, 2.05) is 38.1 Å². The zero-order valence-electron chi connectivity index (χ0n) is 14.0. The molecular formula is C17H25BrClN3O2. The highest BCUT2D eigenvalue weighted by Gasteiger charge is 2.30. The van der Waals surface area contributed by atoms with E-state index in [9.17, 15) is 9.59 Å². The second-order valence-electron chi connectivity index (χ2n) is 6.37. The number of likely N-dealkylation sites (tertiary alicyclic amines) is 1. The van der Waals surface area contributed by atoms with Crippen molar-refractivity contribution in [1.82, 2.24) is 4.90 Å². The summed E-state index contributed by atoms with van der Waals surface area (Å²) < 4.78 is 0.976. The number of carbonyl (C=O) groups is 2. The summed E-state index contributed by atoms with van der Waals surface area (Å²) in [6.07, 6.45) is 1.36. The smallest absolute Gasteiger partial charge is 0.239 e. The first-order valence-electron chi connectivity index (χ1n) is 7.99. The van der Waals surface area contributed by atoms with E-state index in [2.05, 4.69) is 21.2 Å². The van der Waals surface area contributed by atoms with Crippen molar-refractivity contribution in [2.75, 3.05) is 18.4 Å². The molecule has 7 heteroatoms. The minimum absolute atomic E-state index is 0. The molecule has 3 N–H and O–H groups in total. The Morgan fingerprint density at radius 1 is 1.21 bits per heavy atom. The van der Waals surface area contributed by atoms with Crippen LogP contribution in [-0.2, 0) is 9.59 Å². The Balaban J connectivity index is 0.00000288. The van der Waals surface area contributed by atoms with Crippen LogP contribution >= 0.6 is 28.3 Å². The number of carbonyl (C=O) groups excluding carboxylic acids is 2. The van der Waals surface area contributed by atoms with Crippen LogP contribution in [0.3, 0.4) is 0 Å². The molecule has 1 heterocycles. The van der Waals surface area contributed by atoms with Crippen molar-refractivity contribution in [3.8, 4) is 0 Å². The van der Waals surface area contributed by atoms with Gasteiger partial charge in [-0.1, -0.05) is 29.8 Å². The standard InChI is InChI=1S/C17H24BrN3O2.ClH/c1-11(2)15(19)17(23)21-9-7-12(8-10-21)16(22)20-14-5-3-13(18)4-6-14;/h3-6,11-12,15H,7-10,19H2,1-2H3,(H,20,22);1H/t15-;/m0./s1. The molecule has 0 aromatic heterocycles. The van der Waals surface area contributed by atoms with Gasteiger partial charge in [0.15, 0.2) is 0 Å². The average molecular weight is 419 g/mol. The van der Waals surface area contributed by atoms with Gasteiger partial charge in [0.25, 0.3) is 0 Å². The quantitative estimate of drug-likeness (QED) is 0.789.